The minimum atomic E-state index is -0.732. The molecule has 0 heterocycles. The Morgan fingerprint density at radius 1 is 0.906 bits per heavy atom. The van der Waals surface area contributed by atoms with Gasteiger partial charge in [-0.05, 0) is 105 Å². The van der Waals surface area contributed by atoms with Crippen molar-refractivity contribution < 1.29 is 14.6 Å². The molecule has 1 aliphatic carbocycles. The quantitative estimate of drug-likeness (QED) is 0.487. The highest BCUT2D eigenvalue weighted by atomic mass is 16.5. The number of nitrogens with two attached hydrogens (primary N) is 1. The number of ether oxygens (including phenoxy) is 2. The summed E-state index contributed by atoms with van der Waals surface area (Å²) < 4.78 is 12.1. The molecular formula is C28H35NO3. The number of aliphatic hydroxyl groups is 1. The second-order valence-electron chi connectivity index (χ2n) is 9.63. The van der Waals surface area contributed by atoms with Crippen molar-refractivity contribution in [3.8, 4) is 11.5 Å². The van der Waals surface area contributed by atoms with Crippen molar-refractivity contribution in [2.24, 2.45) is 5.73 Å². The van der Waals surface area contributed by atoms with Crippen LogP contribution in [0.1, 0.15) is 63.5 Å². The van der Waals surface area contributed by atoms with Crippen LogP contribution in [0.3, 0.4) is 0 Å². The Labute approximate surface area is 191 Å². The van der Waals surface area contributed by atoms with E-state index in [1.54, 1.807) is 0 Å². The molecule has 1 unspecified atom stereocenters. The van der Waals surface area contributed by atoms with Gasteiger partial charge in [0.1, 0.15) is 11.5 Å². The SMILES string of the molecule is CC(C)Oc1ccc(C2CCC(Oc3ccc4cc(C(C)(N)CO)ccc4c3)CC2)cc1. The van der Waals surface area contributed by atoms with Gasteiger partial charge in [-0.1, -0.05) is 30.3 Å². The number of fused-ring (bicyclic) bond motifs is 1. The van der Waals surface area contributed by atoms with Crippen molar-refractivity contribution in [2.75, 3.05) is 6.61 Å². The van der Waals surface area contributed by atoms with Crippen LogP contribution in [0, 0.1) is 0 Å². The van der Waals surface area contributed by atoms with Crippen molar-refractivity contribution in [2.45, 2.75) is 70.1 Å². The monoisotopic (exact) mass is 433 g/mol. The van der Waals surface area contributed by atoms with Crippen molar-refractivity contribution >= 4 is 10.8 Å². The fourth-order valence-corrected chi connectivity index (χ4v) is 4.54. The molecule has 170 valence electrons. The van der Waals surface area contributed by atoms with Crippen LogP contribution in [-0.4, -0.2) is 23.9 Å². The zero-order valence-electron chi connectivity index (χ0n) is 19.4. The van der Waals surface area contributed by atoms with Crippen LogP contribution in [0.25, 0.3) is 10.8 Å². The molecule has 1 aliphatic rings. The summed E-state index contributed by atoms with van der Waals surface area (Å²) in [5.41, 5.74) is 7.78. The van der Waals surface area contributed by atoms with E-state index in [0.717, 1.165) is 53.5 Å². The molecule has 3 aromatic rings. The van der Waals surface area contributed by atoms with Gasteiger partial charge in [-0.25, -0.2) is 0 Å². The largest absolute Gasteiger partial charge is 0.491 e. The first-order chi connectivity index (χ1) is 15.3. The standard InChI is InChI=1S/C28H35NO3/c1-19(2)31-25-11-5-20(6-12-25)21-7-13-26(14-8-21)32-27-15-9-22-16-24(28(3,29)18-30)10-4-23(22)17-27/h4-6,9-12,15-17,19,21,26,30H,7-8,13-14,18,29H2,1-3H3. The van der Waals surface area contributed by atoms with Crippen molar-refractivity contribution in [3.63, 3.8) is 0 Å². The van der Waals surface area contributed by atoms with Gasteiger partial charge in [-0.15, -0.1) is 0 Å². The number of aliphatic hydroxyl groups excluding tert-OH is 1. The molecule has 0 radical (unpaired) electrons. The third-order valence-corrected chi connectivity index (χ3v) is 6.50. The summed E-state index contributed by atoms with van der Waals surface area (Å²) in [5, 5.41) is 11.8. The van der Waals surface area contributed by atoms with Crippen molar-refractivity contribution in [1.82, 2.24) is 0 Å². The van der Waals surface area contributed by atoms with Crippen molar-refractivity contribution in [1.29, 1.82) is 0 Å². The molecule has 4 nitrogen and oxygen atoms in total. The first-order valence-corrected chi connectivity index (χ1v) is 11.7. The average molecular weight is 434 g/mol. The molecule has 4 heteroatoms. The maximum atomic E-state index is 9.53. The fourth-order valence-electron chi connectivity index (χ4n) is 4.54. The summed E-state index contributed by atoms with van der Waals surface area (Å²) >= 11 is 0. The molecular weight excluding hydrogens is 398 g/mol. The Bertz CT molecular complexity index is 1030. The van der Waals surface area contributed by atoms with E-state index in [9.17, 15) is 5.11 Å². The number of rotatable bonds is 7. The summed E-state index contributed by atoms with van der Waals surface area (Å²) in [5.74, 6) is 2.45. The summed E-state index contributed by atoms with van der Waals surface area (Å²) in [6.07, 6.45) is 4.87. The maximum absolute atomic E-state index is 9.53. The molecule has 1 saturated carbocycles. The first kappa shape index (κ1) is 22.6. The lowest BCUT2D eigenvalue weighted by molar-refractivity contribution is 0.146. The van der Waals surface area contributed by atoms with Crippen LogP contribution in [0.15, 0.2) is 60.7 Å². The first-order valence-electron chi connectivity index (χ1n) is 11.7. The van der Waals surface area contributed by atoms with Crippen LogP contribution < -0.4 is 15.2 Å². The van der Waals surface area contributed by atoms with Gasteiger partial charge < -0.3 is 20.3 Å². The second kappa shape index (κ2) is 9.51. The second-order valence-corrected chi connectivity index (χ2v) is 9.63. The molecule has 0 amide bonds. The summed E-state index contributed by atoms with van der Waals surface area (Å²) in [6, 6.07) is 20.9. The van der Waals surface area contributed by atoms with Gasteiger partial charge in [0.2, 0.25) is 0 Å². The number of hydrogen-bond acceptors (Lipinski definition) is 4. The van der Waals surface area contributed by atoms with Gasteiger partial charge in [0.25, 0.3) is 0 Å². The van der Waals surface area contributed by atoms with E-state index in [1.165, 1.54) is 5.56 Å². The Balaban J connectivity index is 1.36. The molecule has 32 heavy (non-hydrogen) atoms. The van der Waals surface area contributed by atoms with E-state index in [4.69, 9.17) is 15.2 Å². The topological polar surface area (TPSA) is 64.7 Å². The summed E-state index contributed by atoms with van der Waals surface area (Å²) in [7, 11) is 0. The van der Waals surface area contributed by atoms with Gasteiger partial charge >= 0.3 is 0 Å². The maximum Gasteiger partial charge on any atom is 0.120 e. The highest BCUT2D eigenvalue weighted by molar-refractivity contribution is 5.84. The Morgan fingerprint density at radius 3 is 2.19 bits per heavy atom. The normalized spacial score (nSPS) is 20.8. The predicted molar refractivity (Wildman–Crippen MR) is 130 cm³/mol. The van der Waals surface area contributed by atoms with E-state index in [1.807, 2.05) is 19.1 Å². The Morgan fingerprint density at radius 2 is 1.53 bits per heavy atom. The number of benzene rings is 3. The van der Waals surface area contributed by atoms with Gasteiger partial charge in [-0.3, -0.25) is 0 Å². The highest BCUT2D eigenvalue weighted by Gasteiger charge is 2.24. The molecule has 3 N–H and O–H groups in total. The smallest absolute Gasteiger partial charge is 0.120 e. The van der Waals surface area contributed by atoms with Crippen LogP contribution in [0.2, 0.25) is 0 Å². The van der Waals surface area contributed by atoms with Gasteiger partial charge in [0.15, 0.2) is 0 Å². The predicted octanol–water partition coefficient (Wildman–Crippen LogP) is 5.90. The molecule has 0 spiro atoms. The molecule has 0 bridgehead atoms. The van der Waals surface area contributed by atoms with Crippen LogP contribution in [-0.2, 0) is 5.54 Å². The molecule has 4 rings (SSSR count). The van der Waals surface area contributed by atoms with E-state index in [-0.39, 0.29) is 18.8 Å². The molecule has 0 saturated heterocycles. The van der Waals surface area contributed by atoms with E-state index < -0.39 is 5.54 Å². The summed E-state index contributed by atoms with van der Waals surface area (Å²) in [6.45, 7) is 5.86. The van der Waals surface area contributed by atoms with Gasteiger partial charge in [0.05, 0.1) is 24.4 Å². The van der Waals surface area contributed by atoms with Crippen LogP contribution >= 0.6 is 0 Å². The van der Waals surface area contributed by atoms with Crippen LogP contribution in [0.5, 0.6) is 11.5 Å². The fraction of sp³-hybridized carbons (Fsp3) is 0.429. The average Bonchev–Trinajstić information content (AvgIpc) is 2.79. The Hall–Kier alpha value is -2.56. The Kier molecular flexibility index (Phi) is 6.73. The zero-order valence-corrected chi connectivity index (χ0v) is 19.4. The van der Waals surface area contributed by atoms with E-state index in [2.05, 4.69) is 62.4 Å². The van der Waals surface area contributed by atoms with Gasteiger partial charge in [0, 0.05) is 0 Å². The van der Waals surface area contributed by atoms with Crippen LogP contribution in [0.4, 0.5) is 0 Å². The molecule has 1 atom stereocenters. The zero-order chi connectivity index (χ0) is 22.7. The molecule has 0 aromatic heterocycles. The van der Waals surface area contributed by atoms with Gasteiger partial charge in [-0.2, -0.15) is 0 Å². The van der Waals surface area contributed by atoms with Crippen molar-refractivity contribution in [3.05, 3.63) is 71.8 Å². The molecule has 1 fully saturated rings. The lowest BCUT2D eigenvalue weighted by Crippen LogP contribution is -2.36. The molecule has 0 aliphatic heterocycles. The molecule has 3 aromatic carbocycles. The van der Waals surface area contributed by atoms with E-state index in [0.29, 0.717) is 5.92 Å². The summed E-state index contributed by atoms with van der Waals surface area (Å²) in [4.78, 5) is 0. The lowest BCUT2D eigenvalue weighted by Gasteiger charge is -2.29. The van der Waals surface area contributed by atoms with E-state index >= 15 is 0 Å². The third-order valence-electron chi connectivity index (χ3n) is 6.50. The minimum absolute atomic E-state index is 0.0851. The highest BCUT2D eigenvalue weighted by Crippen LogP contribution is 2.36. The number of hydrogen-bond donors (Lipinski definition) is 2. The lowest BCUT2D eigenvalue weighted by atomic mass is 9.82. The minimum Gasteiger partial charge on any atom is -0.491 e. The third kappa shape index (κ3) is 5.25.